The number of hydrogen-bond donors (Lipinski definition) is 0. The van der Waals surface area contributed by atoms with Crippen molar-refractivity contribution in [2.45, 2.75) is 99.8 Å². The highest BCUT2D eigenvalue weighted by Crippen LogP contribution is 2.60. The summed E-state index contributed by atoms with van der Waals surface area (Å²) in [6.45, 7) is 15.5. The van der Waals surface area contributed by atoms with Gasteiger partial charge in [0.05, 0.1) is 5.71 Å². The molecule has 158 valence electrons. The Balaban J connectivity index is 1.95. The van der Waals surface area contributed by atoms with E-state index >= 15 is 0 Å². The van der Waals surface area contributed by atoms with Crippen LogP contribution in [0.4, 0.5) is 0 Å². The molecule has 0 heterocycles. The number of rotatable bonds is 7. The number of allylic oxidation sites excluding steroid dienone is 4. The molecule has 3 nitrogen and oxygen atoms in total. The molecule has 0 spiro atoms. The van der Waals surface area contributed by atoms with E-state index < -0.39 is 0 Å². The zero-order valence-electron chi connectivity index (χ0n) is 19.2. The second-order valence-electron chi connectivity index (χ2n) is 10.2. The van der Waals surface area contributed by atoms with E-state index in [4.69, 9.17) is 4.84 Å². The van der Waals surface area contributed by atoms with Crippen LogP contribution in [0.1, 0.15) is 99.8 Å². The maximum atomic E-state index is 10.8. The SMILES string of the molecule is CC(=O)O/N=C(/C)CC/C=C(/C)CC[C@@H]1C(C)=CC[C@H]2C(C)(C)CCC[C@]12C. The van der Waals surface area contributed by atoms with E-state index in [0.29, 0.717) is 16.7 Å². The molecule has 3 atom stereocenters. The van der Waals surface area contributed by atoms with Gasteiger partial charge in [0.25, 0.3) is 0 Å². The van der Waals surface area contributed by atoms with Crippen LogP contribution in [0.25, 0.3) is 0 Å². The van der Waals surface area contributed by atoms with Crippen LogP contribution >= 0.6 is 0 Å². The first-order chi connectivity index (χ1) is 13.1. The fraction of sp³-hybridized carbons (Fsp3) is 0.760. The standard InChI is InChI=1S/C25H41NO2/c1-18(10-8-11-20(3)26-28-21(4)27)12-14-22-19(2)13-15-23-24(5,6)16-9-17-25(22,23)7/h10,13,22-23H,8-9,11-12,14-17H2,1-7H3/b18-10-,26-20-/t22-,23+,25-/m1/s1. The van der Waals surface area contributed by atoms with Crippen LogP contribution in [0.2, 0.25) is 0 Å². The molecule has 1 saturated carbocycles. The molecule has 0 amide bonds. The minimum atomic E-state index is -0.361. The van der Waals surface area contributed by atoms with Gasteiger partial charge in [0.15, 0.2) is 0 Å². The van der Waals surface area contributed by atoms with Crippen molar-refractivity contribution in [3.63, 3.8) is 0 Å². The van der Waals surface area contributed by atoms with Crippen molar-refractivity contribution >= 4 is 11.7 Å². The predicted molar refractivity (Wildman–Crippen MR) is 118 cm³/mol. The molecule has 2 rings (SSSR count). The number of fused-ring (bicyclic) bond motifs is 1. The molecule has 3 heteroatoms. The molecule has 0 aromatic rings. The summed E-state index contributed by atoms with van der Waals surface area (Å²) in [5, 5.41) is 3.85. The summed E-state index contributed by atoms with van der Waals surface area (Å²) >= 11 is 0. The quantitative estimate of drug-likeness (QED) is 0.200. The van der Waals surface area contributed by atoms with Crippen LogP contribution in [-0.2, 0) is 9.63 Å². The third-order valence-corrected chi connectivity index (χ3v) is 7.45. The molecule has 0 N–H and O–H groups in total. The maximum absolute atomic E-state index is 10.8. The Morgan fingerprint density at radius 2 is 1.93 bits per heavy atom. The van der Waals surface area contributed by atoms with Crippen molar-refractivity contribution < 1.29 is 9.63 Å². The van der Waals surface area contributed by atoms with Gasteiger partial charge in [-0.15, -0.1) is 0 Å². The minimum Gasteiger partial charge on any atom is -0.319 e. The molecular formula is C25H41NO2. The van der Waals surface area contributed by atoms with Gasteiger partial charge in [0.1, 0.15) is 0 Å². The average Bonchev–Trinajstić information content (AvgIpc) is 2.58. The number of carbonyl (C=O) groups is 1. The smallest absolute Gasteiger partial charge is 0.319 e. The molecule has 2 aliphatic rings. The third kappa shape index (κ3) is 5.58. The van der Waals surface area contributed by atoms with E-state index in [2.05, 4.69) is 51.9 Å². The lowest BCUT2D eigenvalue weighted by Crippen LogP contribution is -2.48. The van der Waals surface area contributed by atoms with Crippen LogP contribution in [0.3, 0.4) is 0 Å². The molecule has 0 bridgehead atoms. The van der Waals surface area contributed by atoms with E-state index in [9.17, 15) is 4.79 Å². The van der Waals surface area contributed by atoms with Gasteiger partial charge in [-0.3, -0.25) is 0 Å². The fourth-order valence-corrected chi connectivity index (χ4v) is 5.88. The van der Waals surface area contributed by atoms with Crippen molar-refractivity contribution in [3.8, 4) is 0 Å². The Morgan fingerprint density at radius 1 is 1.21 bits per heavy atom. The summed E-state index contributed by atoms with van der Waals surface area (Å²) in [4.78, 5) is 15.5. The Bertz CT molecular complexity index is 655. The lowest BCUT2D eigenvalue weighted by Gasteiger charge is -2.57. The largest absolute Gasteiger partial charge is 0.331 e. The molecule has 2 aliphatic carbocycles. The number of oxime groups is 1. The molecule has 1 fully saturated rings. The monoisotopic (exact) mass is 387 g/mol. The number of carbonyl (C=O) groups excluding carboxylic acids is 1. The van der Waals surface area contributed by atoms with Crippen LogP contribution in [0.5, 0.6) is 0 Å². The van der Waals surface area contributed by atoms with Gasteiger partial charge in [0.2, 0.25) is 0 Å². The summed E-state index contributed by atoms with van der Waals surface area (Å²) < 4.78 is 0. The van der Waals surface area contributed by atoms with Gasteiger partial charge in [-0.25, -0.2) is 4.79 Å². The molecule has 0 aromatic heterocycles. The van der Waals surface area contributed by atoms with E-state index in [1.54, 1.807) is 5.57 Å². The van der Waals surface area contributed by atoms with Crippen molar-refractivity contribution in [2.24, 2.45) is 27.8 Å². The third-order valence-electron chi connectivity index (χ3n) is 7.45. The lowest BCUT2D eigenvalue weighted by atomic mass is 9.48. The van der Waals surface area contributed by atoms with Crippen molar-refractivity contribution in [1.82, 2.24) is 0 Å². The topological polar surface area (TPSA) is 38.7 Å². The highest BCUT2D eigenvalue weighted by Gasteiger charge is 2.51. The number of nitrogens with zero attached hydrogens (tertiary/aromatic N) is 1. The van der Waals surface area contributed by atoms with Gasteiger partial charge in [0, 0.05) is 6.92 Å². The summed E-state index contributed by atoms with van der Waals surface area (Å²) in [5.74, 6) is 1.16. The Kier molecular flexibility index (Phi) is 7.70. The Hall–Kier alpha value is -1.38. The molecule has 0 aliphatic heterocycles. The van der Waals surface area contributed by atoms with Crippen molar-refractivity contribution in [2.75, 3.05) is 0 Å². The Labute approximate surface area is 172 Å². The highest BCUT2D eigenvalue weighted by atomic mass is 16.7. The molecule has 0 aromatic carbocycles. The maximum Gasteiger partial charge on any atom is 0.331 e. The van der Waals surface area contributed by atoms with Crippen LogP contribution in [-0.4, -0.2) is 11.7 Å². The van der Waals surface area contributed by atoms with E-state index in [0.717, 1.165) is 24.5 Å². The van der Waals surface area contributed by atoms with Crippen molar-refractivity contribution in [1.29, 1.82) is 0 Å². The zero-order valence-corrected chi connectivity index (χ0v) is 19.2. The van der Waals surface area contributed by atoms with Gasteiger partial charge in [-0.05, 0) is 88.4 Å². The lowest BCUT2D eigenvalue weighted by molar-refractivity contribution is -0.140. The van der Waals surface area contributed by atoms with E-state index in [-0.39, 0.29) is 5.97 Å². The van der Waals surface area contributed by atoms with Gasteiger partial charge in [-0.2, -0.15) is 0 Å². The second kappa shape index (κ2) is 9.41. The van der Waals surface area contributed by atoms with Crippen molar-refractivity contribution in [3.05, 3.63) is 23.3 Å². The van der Waals surface area contributed by atoms with Crippen LogP contribution < -0.4 is 0 Å². The number of hydrogen-bond acceptors (Lipinski definition) is 3. The second-order valence-corrected chi connectivity index (χ2v) is 10.2. The first-order valence-corrected chi connectivity index (χ1v) is 11.1. The molecular weight excluding hydrogens is 346 g/mol. The molecule has 0 unspecified atom stereocenters. The minimum absolute atomic E-state index is 0.361. The fourth-order valence-electron chi connectivity index (χ4n) is 5.88. The zero-order chi connectivity index (χ0) is 20.9. The van der Waals surface area contributed by atoms with Gasteiger partial charge < -0.3 is 4.84 Å². The van der Waals surface area contributed by atoms with E-state index in [1.807, 2.05) is 6.92 Å². The predicted octanol–water partition coefficient (Wildman–Crippen LogP) is 7.23. The first-order valence-electron chi connectivity index (χ1n) is 11.1. The summed E-state index contributed by atoms with van der Waals surface area (Å²) in [6.07, 6.45) is 14.5. The molecule has 0 saturated heterocycles. The van der Waals surface area contributed by atoms with E-state index in [1.165, 1.54) is 51.0 Å². The van der Waals surface area contributed by atoms with Crippen LogP contribution in [0.15, 0.2) is 28.5 Å². The summed E-state index contributed by atoms with van der Waals surface area (Å²) in [7, 11) is 0. The highest BCUT2D eigenvalue weighted by molar-refractivity contribution is 5.82. The molecule has 0 radical (unpaired) electrons. The van der Waals surface area contributed by atoms with Gasteiger partial charge >= 0.3 is 5.97 Å². The normalized spacial score (nSPS) is 30.5. The first kappa shape index (κ1) is 22.9. The van der Waals surface area contributed by atoms with Crippen LogP contribution in [0, 0.1) is 22.7 Å². The average molecular weight is 388 g/mol. The summed E-state index contributed by atoms with van der Waals surface area (Å²) in [6, 6.07) is 0. The van der Waals surface area contributed by atoms with Gasteiger partial charge in [-0.1, -0.05) is 55.6 Å². The Morgan fingerprint density at radius 3 is 2.61 bits per heavy atom. The molecule has 28 heavy (non-hydrogen) atoms. The summed E-state index contributed by atoms with van der Waals surface area (Å²) in [5.41, 5.74) is 4.87.